The average Bonchev–Trinajstić information content (AvgIpc) is 4.14. The quantitative estimate of drug-likeness (QED) is 0.160. The molecule has 4 heterocycles. The van der Waals surface area contributed by atoms with E-state index >= 15 is 0 Å². The van der Waals surface area contributed by atoms with Gasteiger partial charge in [-0.15, -0.1) is 23.1 Å². The zero-order valence-electron chi connectivity index (χ0n) is 34.1. The van der Waals surface area contributed by atoms with Crippen LogP contribution in [0, 0.1) is 0 Å². The molecular weight excluding hydrogens is 805 g/mol. The summed E-state index contributed by atoms with van der Waals surface area (Å²) in [6.45, 7) is 0. The van der Waals surface area contributed by atoms with Crippen molar-refractivity contribution in [3.63, 3.8) is 0 Å². The van der Waals surface area contributed by atoms with Crippen LogP contribution < -0.4 is 4.90 Å². The van der Waals surface area contributed by atoms with Crippen LogP contribution in [-0.4, -0.2) is 4.57 Å². The summed E-state index contributed by atoms with van der Waals surface area (Å²) in [5, 5.41) is 6.40. The van der Waals surface area contributed by atoms with Crippen molar-refractivity contribution in [2.75, 3.05) is 4.90 Å². The van der Waals surface area contributed by atoms with Gasteiger partial charge < -0.3 is 13.9 Å². The minimum Gasteiger partial charge on any atom is -0.454 e. The standard InChI is InChI=1S/C58H38N2OS2/c1-7-18-54-41(10-1)35-56(62-54)38-22-29-44(30-23-38)59(45-31-24-39(25-32-45)57-36-42-11-2-8-19-55(42)63-57)43-27-20-37(21-28-43)40-26-33-51-49(34-40)46-12-3-5-15-50(46)60(51)52-16-9-14-48-47-13-4-6-17-53(47)61-58(48)52/h1-35,57H,36H2. The fraction of sp³-hybridized carbons (Fsp3) is 0.0345. The summed E-state index contributed by atoms with van der Waals surface area (Å²) < 4.78 is 10.2. The number of fused-ring (bicyclic) bond motifs is 8. The summed E-state index contributed by atoms with van der Waals surface area (Å²) in [5.74, 6) is 0. The van der Waals surface area contributed by atoms with Gasteiger partial charge >= 0.3 is 0 Å². The highest BCUT2D eigenvalue weighted by molar-refractivity contribution is 7.99. The van der Waals surface area contributed by atoms with E-state index in [9.17, 15) is 0 Å². The lowest BCUT2D eigenvalue weighted by Crippen LogP contribution is -2.10. The fourth-order valence-corrected chi connectivity index (χ4v) is 12.1. The van der Waals surface area contributed by atoms with Crippen molar-refractivity contribution >= 4 is 94.0 Å². The Hall–Kier alpha value is -7.31. The third kappa shape index (κ3) is 6.11. The molecule has 1 atom stereocenters. The molecule has 0 bridgehead atoms. The van der Waals surface area contributed by atoms with Gasteiger partial charge in [0, 0.05) is 58.3 Å². The van der Waals surface area contributed by atoms with E-state index in [4.69, 9.17) is 4.42 Å². The maximum atomic E-state index is 6.55. The molecular formula is C58H38N2OS2. The Morgan fingerprint density at radius 3 is 1.95 bits per heavy atom. The van der Waals surface area contributed by atoms with Crippen molar-refractivity contribution in [1.82, 2.24) is 4.57 Å². The number of hydrogen-bond acceptors (Lipinski definition) is 4. The molecule has 13 rings (SSSR count). The summed E-state index contributed by atoms with van der Waals surface area (Å²) in [6.07, 6.45) is 1.06. The summed E-state index contributed by atoms with van der Waals surface area (Å²) in [7, 11) is 0. The molecule has 0 saturated carbocycles. The maximum absolute atomic E-state index is 6.55. The van der Waals surface area contributed by atoms with Gasteiger partial charge in [-0.05, 0) is 125 Å². The Morgan fingerprint density at radius 2 is 1.14 bits per heavy atom. The van der Waals surface area contributed by atoms with Gasteiger partial charge in [0.25, 0.3) is 0 Å². The van der Waals surface area contributed by atoms with E-state index in [1.54, 1.807) is 0 Å². The zero-order chi connectivity index (χ0) is 41.4. The SMILES string of the molecule is c1ccc2c(c1)CC(c1ccc(N(c3ccc(-c4ccc5c(c4)c4ccccc4n5-c4cccc5c4oc4ccccc45)cc3)c3ccc(-c4cc5ccccc5s4)cc3)cc1)S2. The highest BCUT2D eigenvalue weighted by Gasteiger charge is 2.24. The largest absolute Gasteiger partial charge is 0.454 e. The minimum absolute atomic E-state index is 0.426. The number of benzene rings is 9. The second kappa shape index (κ2) is 14.7. The molecule has 1 unspecified atom stereocenters. The lowest BCUT2D eigenvalue weighted by molar-refractivity contribution is 0.666. The third-order valence-corrected chi connectivity index (χ3v) is 15.3. The number of aromatic nitrogens is 1. The first-order valence-electron chi connectivity index (χ1n) is 21.5. The Balaban J connectivity index is 0.873. The van der Waals surface area contributed by atoms with E-state index in [1.165, 1.54) is 58.4 Å². The summed E-state index contributed by atoms with van der Waals surface area (Å²) in [4.78, 5) is 5.07. The van der Waals surface area contributed by atoms with Gasteiger partial charge in [0.1, 0.15) is 5.58 Å². The summed E-state index contributed by atoms with van der Waals surface area (Å²) in [5.41, 5.74) is 14.9. The maximum Gasteiger partial charge on any atom is 0.159 e. The van der Waals surface area contributed by atoms with Gasteiger partial charge in [0.05, 0.1) is 16.7 Å². The molecule has 1 aliphatic heterocycles. The van der Waals surface area contributed by atoms with Gasteiger partial charge in [0.15, 0.2) is 5.58 Å². The van der Waals surface area contributed by atoms with Crippen LogP contribution >= 0.6 is 23.1 Å². The molecule has 0 fully saturated rings. The number of hydrogen-bond donors (Lipinski definition) is 0. The number of nitrogens with zero attached hydrogens (tertiary/aromatic N) is 2. The fourth-order valence-electron chi connectivity index (χ4n) is 9.68. The second-order valence-electron chi connectivity index (χ2n) is 16.4. The monoisotopic (exact) mass is 842 g/mol. The van der Waals surface area contributed by atoms with E-state index in [-0.39, 0.29) is 0 Å². The number of anilines is 3. The van der Waals surface area contributed by atoms with Gasteiger partial charge in [-0.25, -0.2) is 0 Å². The number of rotatable bonds is 7. The molecule has 3 aromatic heterocycles. The minimum atomic E-state index is 0.426. The molecule has 0 radical (unpaired) electrons. The molecule has 0 aliphatic carbocycles. The first-order valence-corrected chi connectivity index (χ1v) is 23.2. The lowest BCUT2D eigenvalue weighted by Gasteiger charge is -2.26. The van der Waals surface area contributed by atoms with Crippen molar-refractivity contribution in [3.8, 4) is 27.3 Å². The van der Waals surface area contributed by atoms with Crippen LogP contribution in [0.2, 0.25) is 0 Å². The van der Waals surface area contributed by atoms with Gasteiger partial charge in [-0.1, -0.05) is 127 Å². The molecule has 3 nitrogen and oxygen atoms in total. The van der Waals surface area contributed by atoms with Crippen molar-refractivity contribution in [2.24, 2.45) is 0 Å². The van der Waals surface area contributed by atoms with E-state index in [1.807, 2.05) is 29.2 Å². The van der Waals surface area contributed by atoms with Crippen LogP contribution in [0.25, 0.3) is 81.1 Å². The predicted octanol–water partition coefficient (Wildman–Crippen LogP) is 17.1. The topological polar surface area (TPSA) is 21.3 Å². The molecule has 12 aromatic rings. The molecule has 0 spiro atoms. The molecule has 0 amide bonds. The van der Waals surface area contributed by atoms with Crippen LogP contribution in [0.5, 0.6) is 0 Å². The van der Waals surface area contributed by atoms with Crippen LogP contribution in [-0.2, 0) is 6.42 Å². The van der Waals surface area contributed by atoms with Gasteiger partial charge in [-0.2, -0.15) is 0 Å². The zero-order valence-corrected chi connectivity index (χ0v) is 35.7. The van der Waals surface area contributed by atoms with E-state index in [0.29, 0.717) is 5.25 Å². The van der Waals surface area contributed by atoms with E-state index in [2.05, 4.69) is 216 Å². The molecule has 0 N–H and O–H groups in total. The second-order valence-corrected chi connectivity index (χ2v) is 18.8. The first kappa shape index (κ1) is 36.4. The van der Waals surface area contributed by atoms with Crippen molar-refractivity contribution in [2.45, 2.75) is 16.6 Å². The molecule has 9 aromatic carbocycles. The lowest BCUT2D eigenvalue weighted by atomic mass is 10.0. The Labute approximate surface area is 373 Å². The van der Waals surface area contributed by atoms with Crippen LogP contribution in [0.4, 0.5) is 17.1 Å². The van der Waals surface area contributed by atoms with Crippen molar-refractivity contribution in [3.05, 3.63) is 223 Å². The average molecular weight is 843 g/mol. The number of thioether (sulfide) groups is 1. The third-order valence-electron chi connectivity index (χ3n) is 12.8. The Kier molecular flexibility index (Phi) is 8.46. The number of thiophene rings is 1. The van der Waals surface area contributed by atoms with Crippen LogP contribution in [0.3, 0.4) is 0 Å². The van der Waals surface area contributed by atoms with Crippen LogP contribution in [0.1, 0.15) is 16.4 Å². The molecule has 63 heavy (non-hydrogen) atoms. The number of furan rings is 1. The summed E-state index contributed by atoms with van der Waals surface area (Å²) in [6, 6.07) is 77.5. The normalized spacial score (nSPS) is 13.7. The summed E-state index contributed by atoms with van der Waals surface area (Å²) >= 11 is 3.83. The smallest absolute Gasteiger partial charge is 0.159 e. The van der Waals surface area contributed by atoms with E-state index in [0.717, 1.165) is 62.1 Å². The number of para-hydroxylation sites is 3. The highest BCUT2D eigenvalue weighted by atomic mass is 32.2. The van der Waals surface area contributed by atoms with E-state index < -0.39 is 0 Å². The predicted molar refractivity (Wildman–Crippen MR) is 268 cm³/mol. The Bertz CT molecular complexity index is 3630. The molecule has 298 valence electrons. The molecule has 5 heteroatoms. The van der Waals surface area contributed by atoms with Crippen molar-refractivity contribution in [1.29, 1.82) is 0 Å². The molecule has 1 aliphatic rings. The van der Waals surface area contributed by atoms with Gasteiger partial charge in [-0.3, -0.25) is 0 Å². The van der Waals surface area contributed by atoms with Crippen LogP contribution in [0.15, 0.2) is 222 Å². The van der Waals surface area contributed by atoms with Gasteiger partial charge in [0.2, 0.25) is 0 Å². The first-order chi connectivity index (χ1) is 31.2. The Morgan fingerprint density at radius 1 is 0.492 bits per heavy atom. The van der Waals surface area contributed by atoms with Crippen molar-refractivity contribution < 1.29 is 4.42 Å². The molecule has 0 saturated heterocycles. The highest BCUT2D eigenvalue weighted by Crippen LogP contribution is 2.47.